The maximum absolute atomic E-state index is 13.0. The molecule has 0 aromatic heterocycles. The van der Waals surface area contributed by atoms with Gasteiger partial charge in [-0.2, -0.15) is 0 Å². The largest absolute Gasteiger partial charge is 0.339 e. The Bertz CT molecular complexity index is 2730. The first-order valence-corrected chi connectivity index (χ1v) is 19.9. The van der Waals surface area contributed by atoms with Gasteiger partial charge in [0, 0.05) is 18.7 Å². The molecule has 9 aromatic rings. The van der Waals surface area contributed by atoms with E-state index in [0.717, 1.165) is 40.6 Å². The number of carbonyl (C=O) groups is 1. The van der Waals surface area contributed by atoms with Gasteiger partial charge in [-0.15, -0.1) is 0 Å². The molecular formula is C55H49NO. The van der Waals surface area contributed by atoms with Crippen molar-refractivity contribution in [3.8, 4) is 33.4 Å². The molecule has 0 aliphatic heterocycles. The summed E-state index contributed by atoms with van der Waals surface area (Å²) in [5, 5.41) is 7.54. The molecule has 57 heavy (non-hydrogen) atoms. The summed E-state index contributed by atoms with van der Waals surface area (Å²) >= 11 is 0. The number of aryl methyl sites for hydroxylation is 2. The number of nitrogens with zero attached hydrogens (tertiary/aromatic N) is 1. The van der Waals surface area contributed by atoms with Gasteiger partial charge in [0.25, 0.3) is 5.91 Å². The average Bonchev–Trinajstić information content (AvgIpc) is 3.28. The predicted molar refractivity (Wildman–Crippen MR) is 245 cm³/mol. The van der Waals surface area contributed by atoms with E-state index in [9.17, 15) is 4.79 Å². The quantitative estimate of drug-likeness (QED) is 0.166. The number of hydrogen-bond acceptors (Lipinski definition) is 1. The maximum atomic E-state index is 13.0. The monoisotopic (exact) mass is 739 g/mol. The molecule has 2 nitrogen and oxygen atoms in total. The summed E-state index contributed by atoms with van der Waals surface area (Å²) in [6.07, 6.45) is 0. The van der Waals surface area contributed by atoms with E-state index < -0.39 is 0 Å². The van der Waals surface area contributed by atoms with E-state index in [4.69, 9.17) is 0 Å². The second kappa shape index (κ2) is 18.2. The summed E-state index contributed by atoms with van der Waals surface area (Å²) in [5.74, 6) is 0.0969. The van der Waals surface area contributed by atoms with E-state index in [-0.39, 0.29) is 5.91 Å². The molecule has 0 unspecified atom stereocenters. The molecule has 9 aromatic carbocycles. The fraction of sp³-hybridized carbons (Fsp3) is 0.109. The molecule has 9 rings (SSSR count). The summed E-state index contributed by atoms with van der Waals surface area (Å²) in [6, 6.07) is 69.5. The van der Waals surface area contributed by atoms with Crippen LogP contribution in [-0.4, -0.2) is 23.9 Å². The molecule has 0 bridgehead atoms. The Morgan fingerprint density at radius 1 is 0.421 bits per heavy atom. The summed E-state index contributed by atoms with van der Waals surface area (Å²) < 4.78 is 0. The van der Waals surface area contributed by atoms with Gasteiger partial charge in [0.2, 0.25) is 0 Å². The Hall–Kier alpha value is -6.77. The molecule has 0 atom stereocenters. The Morgan fingerprint density at radius 2 is 0.860 bits per heavy atom. The van der Waals surface area contributed by atoms with Gasteiger partial charge in [-0.25, -0.2) is 0 Å². The van der Waals surface area contributed by atoms with Crippen LogP contribution in [0.3, 0.4) is 0 Å². The molecule has 1 amide bonds. The van der Waals surface area contributed by atoms with Crippen LogP contribution in [0.5, 0.6) is 0 Å². The molecule has 280 valence electrons. The highest BCUT2D eigenvalue weighted by Crippen LogP contribution is 2.33. The van der Waals surface area contributed by atoms with Crippen molar-refractivity contribution < 1.29 is 4.79 Å². The fourth-order valence-electron chi connectivity index (χ4n) is 7.68. The third-order valence-corrected chi connectivity index (χ3v) is 10.7. The van der Waals surface area contributed by atoms with Crippen molar-refractivity contribution in [1.82, 2.24) is 4.90 Å². The lowest BCUT2D eigenvalue weighted by Crippen LogP contribution is -2.30. The van der Waals surface area contributed by atoms with Crippen molar-refractivity contribution >= 4 is 38.2 Å². The van der Waals surface area contributed by atoms with E-state index in [1.165, 1.54) is 54.9 Å². The summed E-state index contributed by atoms with van der Waals surface area (Å²) in [5.41, 5.74) is 10.8. The molecule has 0 saturated heterocycles. The van der Waals surface area contributed by atoms with E-state index in [2.05, 4.69) is 178 Å². The zero-order valence-electron chi connectivity index (χ0n) is 33.3. The second-order valence-electron chi connectivity index (χ2n) is 14.3. The van der Waals surface area contributed by atoms with Gasteiger partial charge in [-0.1, -0.05) is 188 Å². The van der Waals surface area contributed by atoms with Gasteiger partial charge < -0.3 is 4.90 Å². The van der Waals surface area contributed by atoms with Gasteiger partial charge in [0.05, 0.1) is 0 Å². The minimum absolute atomic E-state index is 0.0969. The van der Waals surface area contributed by atoms with Crippen LogP contribution in [0.1, 0.15) is 35.3 Å². The number of amides is 1. The second-order valence-corrected chi connectivity index (χ2v) is 14.3. The lowest BCUT2D eigenvalue weighted by molar-refractivity contribution is 0.0774. The number of benzene rings is 9. The van der Waals surface area contributed by atoms with Gasteiger partial charge in [0.1, 0.15) is 0 Å². The molecule has 0 aliphatic carbocycles. The smallest absolute Gasteiger partial charge is 0.254 e. The predicted octanol–water partition coefficient (Wildman–Crippen LogP) is 14.6. The van der Waals surface area contributed by atoms with Crippen molar-refractivity contribution in [2.24, 2.45) is 0 Å². The van der Waals surface area contributed by atoms with Crippen molar-refractivity contribution in [3.05, 3.63) is 217 Å². The van der Waals surface area contributed by atoms with Crippen molar-refractivity contribution in [2.45, 2.75) is 27.7 Å². The normalized spacial score (nSPS) is 10.7. The first-order chi connectivity index (χ1) is 28.0. The maximum Gasteiger partial charge on any atom is 0.254 e. The highest BCUT2D eigenvalue weighted by atomic mass is 16.2. The van der Waals surface area contributed by atoms with Crippen molar-refractivity contribution in [3.63, 3.8) is 0 Å². The van der Waals surface area contributed by atoms with Crippen LogP contribution in [-0.2, 0) is 0 Å². The highest BCUT2D eigenvalue weighted by molar-refractivity contribution is 6.05. The number of carbonyl (C=O) groups excluding carboxylic acids is 1. The molecule has 0 spiro atoms. The van der Waals surface area contributed by atoms with Crippen LogP contribution in [0, 0.1) is 13.8 Å². The number of hydrogen-bond donors (Lipinski definition) is 0. The van der Waals surface area contributed by atoms with Crippen LogP contribution in [0.4, 0.5) is 0 Å². The SMILES string of the molecule is CCN(CC)C(=O)c1cc2ccccc2cc1-c1ccccc1.Cc1c(-c2ccccc2)ccc2ccccc12.Cc1ccc2ccccc2c1-c1ccccc1. The standard InChI is InChI=1S/C21H21NO.2C17H14/c1-3-22(4-2)21(23)20-15-18-13-9-8-12-17(18)14-19(20)16-10-6-5-7-11-16;1-13-11-12-14-7-5-6-10-16(14)17(13)15-8-3-2-4-9-15;1-13-16-10-6-5-9-15(16)11-12-17(13)14-7-3-2-4-8-14/h5-15H,3-4H2,1-2H3;2*2-12H,1H3. The highest BCUT2D eigenvalue weighted by Gasteiger charge is 2.18. The van der Waals surface area contributed by atoms with E-state index in [1.54, 1.807) is 0 Å². The van der Waals surface area contributed by atoms with Gasteiger partial charge in [0.15, 0.2) is 0 Å². The minimum atomic E-state index is 0.0969. The van der Waals surface area contributed by atoms with E-state index >= 15 is 0 Å². The Balaban J connectivity index is 0.000000133. The summed E-state index contributed by atoms with van der Waals surface area (Å²) in [4.78, 5) is 14.8. The Kier molecular flexibility index (Phi) is 12.3. The molecule has 0 N–H and O–H groups in total. The third-order valence-electron chi connectivity index (χ3n) is 10.7. The van der Waals surface area contributed by atoms with Crippen LogP contribution in [0.2, 0.25) is 0 Å². The number of fused-ring (bicyclic) bond motifs is 3. The fourth-order valence-corrected chi connectivity index (χ4v) is 7.68. The summed E-state index contributed by atoms with van der Waals surface area (Å²) in [6.45, 7) is 9.85. The number of rotatable bonds is 6. The molecular weight excluding hydrogens is 691 g/mol. The average molecular weight is 740 g/mol. The minimum Gasteiger partial charge on any atom is -0.339 e. The lowest BCUT2D eigenvalue weighted by Gasteiger charge is -2.21. The van der Waals surface area contributed by atoms with E-state index in [1.807, 2.05) is 55.1 Å². The van der Waals surface area contributed by atoms with Gasteiger partial charge in [-0.05, 0) is 117 Å². The third kappa shape index (κ3) is 8.72. The summed E-state index contributed by atoms with van der Waals surface area (Å²) in [7, 11) is 0. The van der Waals surface area contributed by atoms with Crippen molar-refractivity contribution in [1.29, 1.82) is 0 Å². The van der Waals surface area contributed by atoms with Crippen LogP contribution in [0.25, 0.3) is 65.7 Å². The Morgan fingerprint density at radius 3 is 1.44 bits per heavy atom. The molecule has 0 heterocycles. The lowest BCUT2D eigenvalue weighted by atomic mass is 9.94. The molecule has 0 fully saturated rings. The van der Waals surface area contributed by atoms with Gasteiger partial charge >= 0.3 is 0 Å². The topological polar surface area (TPSA) is 20.3 Å². The van der Waals surface area contributed by atoms with Crippen LogP contribution >= 0.6 is 0 Å². The Labute approximate surface area is 337 Å². The van der Waals surface area contributed by atoms with Crippen LogP contribution < -0.4 is 0 Å². The first-order valence-electron chi connectivity index (χ1n) is 19.9. The zero-order valence-corrected chi connectivity index (χ0v) is 33.3. The molecule has 0 aliphatic rings. The molecule has 0 radical (unpaired) electrons. The first kappa shape index (κ1) is 38.5. The molecule has 2 heteroatoms. The van der Waals surface area contributed by atoms with Crippen LogP contribution in [0.15, 0.2) is 200 Å². The molecule has 0 saturated carbocycles. The van der Waals surface area contributed by atoms with Gasteiger partial charge in [-0.3, -0.25) is 4.79 Å². The van der Waals surface area contributed by atoms with Crippen molar-refractivity contribution in [2.75, 3.05) is 13.1 Å². The van der Waals surface area contributed by atoms with E-state index in [0.29, 0.717) is 0 Å². The zero-order chi connectivity index (χ0) is 39.6.